The summed E-state index contributed by atoms with van der Waals surface area (Å²) in [6.45, 7) is 7.59. The molecule has 1 heterocycles. The standard InChI is InChI=1S/C32H35NO4S/c1-22(2)19-29-30(25-11-7-5-8-12-25)31(32(35)26-13-9-6-10-14-26)27(20-24(4)34)21-33(29)38(36,37)28-17-15-23(3)16-18-28/h5-18,22,27,29H,19-21H2,1-4H3. The predicted molar refractivity (Wildman–Crippen MR) is 151 cm³/mol. The Morgan fingerprint density at radius 3 is 2.03 bits per heavy atom. The van der Waals surface area contributed by atoms with Crippen LogP contribution in [0.25, 0.3) is 5.57 Å². The average molecular weight is 530 g/mol. The summed E-state index contributed by atoms with van der Waals surface area (Å²) in [5.74, 6) is -0.654. The third-order valence-corrected chi connectivity index (χ3v) is 8.89. The van der Waals surface area contributed by atoms with E-state index >= 15 is 0 Å². The number of nitrogens with zero attached hydrogens (tertiary/aromatic N) is 1. The fourth-order valence-corrected chi connectivity index (χ4v) is 6.96. The van der Waals surface area contributed by atoms with Crippen LogP contribution < -0.4 is 0 Å². The predicted octanol–water partition coefficient (Wildman–Crippen LogP) is 6.35. The lowest BCUT2D eigenvalue weighted by Crippen LogP contribution is -2.49. The van der Waals surface area contributed by atoms with Crippen LogP contribution in [0.2, 0.25) is 0 Å². The summed E-state index contributed by atoms with van der Waals surface area (Å²) in [7, 11) is -3.92. The smallest absolute Gasteiger partial charge is 0.243 e. The molecule has 0 radical (unpaired) electrons. The lowest BCUT2D eigenvalue weighted by atomic mass is 9.76. The van der Waals surface area contributed by atoms with Crippen LogP contribution >= 0.6 is 0 Å². The van der Waals surface area contributed by atoms with Gasteiger partial charge in [-0.3, -0.25) is 4.79 Å². The number of hydrogen-bond donors (Lipinski definition) is 0. The minimum Gasteiger partial charge on any atom is -0.300 e. The molecule has 198 valence electrons. The monoisotopic (exact) mass is 529 g/mol. The van der Waals surface area contributed by atoms with Crippen molar-refractivity contribution < 1.29 is 18.0 Å². The van der Waals surface area contributed by atoms with E-state index in [1.165, 1.54) is 11.2 Å². The Kier molecular flexibility index (Phi) is 8.44. The zero-order chi connectivity index (χ0) is 27.4. The molecule has 0 aliphatic carbocycles. The zero-order valence-electron chi connectivity index (χ0n) is 22.4. The van der Waals surface area contributed by atoms with Gasteiger partial charge in [-0.25, -0.2) is 8.42 Å². The first-order valence-corrected chi connectivity index (χ1v) is 14.5. The Morgan fingerprint density at radius 2 is 1.47 bits per heavy atom. The second kappa shape index (κ2) is 11.6. The molecule has 2 atom stereocenters. The van der Waals surface area contributed by atoms with Crippen LogP contribution in [0.3, 0.4) is 0 Å². The normalized spacial score (nSPS) is 18.6. The average Bonchev–Trinajstić information content (AvgIpc) is 2.89. The Morgan fingerprint density at radius 1 is 0.895 bits per heavy atom. The van der Waals surface area contributed by atoms with Crippen molar-refractivity contribution in [2.45, 2.75) is 51.5 Å². The maximum Gasteiger partial charge on any atom is 0.243 e. The van der Waals surface area contributed by atoms with Gasteiger partial charge in [0, 0.05) is 30.0 Å². The molecule has 0 spiro atoms. The van der Waals surface area contributed by atoms with Crippen LogP contribution in [0.15, 0.2) is 95.4 Å². The van der Waals surface area contributed by atoms with E-state index in [0.717, 1.165) is 11.1 Å². The van der Waals surface area contributed by atoms with E-state index in [1.54, 1.807) is 36.4 Å². The van der Waals surface area contributed by atoms with E-state index in [1.807, 2.05) is 55.5 Å². The van der Waals surface area contributed by atoms with E-state index in [4.69, 9.17) is 0 Å². The van der Waals surface area contributed by atoms with Crippen molar-refractivity contribution in [3.8, 4) is 0 Å². The topological polar surface area (TPSA) is 71.5 Å². The number of Topliss-reactive ketones (excluding diaryl/α,β-unsaturated/α-hetero) is 2. The number of ketones is 2. The van der Waals surface area contributed by atoms with Crippen LogP contribution in [0.1, 0.15) is 55.1 Å². The molecule has 0 aromatic heterocycles. The molecule has 4 rings (SSSR count). The van der Waals surface area contributed by atoms with Gasteiger partial charge < -0.3 is 4.79 Å². The number of hydrogen-bond acceptors (Lipinski definition) is 4. The van der Waals surface area contributed by atoms with Crippen molar-refractivity contribution in [2.24, 2.45) is 11.8 Å². The molecule has 5 nitrogen and oxygen atoms in total. The molecule has 6 heteroatoms. The van der Waals surface area contributed by atoms with Gasteiger partial charge >= 0.3 is 0 Å². The van der Waals surface area contributed by atoms with Gasteiger partial charge in [0.1, 0.15) is 5.78 Å². The van der Waals surface area contributed by atoms with E-state index < -0.39 is 22.0 Å². The molecule has 0 N–H and O–H groups in total. The number of benzene rings is 3. The molecule has 2 unspecified atom stereocenters. The Labute approximate surface area is 226 Å². The zero-order valence-corrected chi connectivity index (χ0v) is 23.2. The summed E-state index contributed by atoms with van der Waals surface area (Å²) in [6.07, 6.45) is 0.617. The summed E-state index contributed by atoms with van der Waals surface area (Å²) in [6, 6.07) is 24.9. The summed E-state index contributed by atoms with van der Waals surface area (Å²) < 4.78 is 29.9. The molecular weight excluding hydrogens is 494 g/mol. The highest BCUT2D eigenvalue weighted by Crippen LogP contribution is 2.42. The van der Waals surface area contributed by atoms with Crippen LogP contribution in [0.5, 0.6) is 0 Å². The first-order chi connectivity index (χ1) is 18.1. The molecule has 1 aliphatic rings. The second-order valence-electron chi connectivity index (χ2n) is 10.5. The van der Waals surface area contributed by atoms with Crippen molar-refractivity contribution in [1.82, 2.24) is 4.31 Å². The van der Waals surface area contributed by atoms with Gasteiger partial charge in [0.2, 0.25) is 10.0 Å². The first-order valence-electron chi connectivity index (χ1n) is 13.1. The number of sulfonamides is 1. The minimum absolute atomic E-state index is 0.0669. The van der Waals surface area contributed by atoms with Crippen LogP contribution in [-0.2, 0) is 14.8 Å². The summed E-state index contributed by atoms with van der Waals surface area (Å²) in [5.41, 5.74) is 3.54. The van der Waals surface area contributed by atoms with Gasteiger partial charge in [0.05, 0.1) is 10.9 Å². The highest BCUT2D eigenvalue weighted by atomic mass is 32.2. The molecule has 1 aliphatic heterocycles. The first kappa shape index (κ1) is 27.7. The highest BCUT2D eigenvalue weighted by Gasteiger charge is 2.44. The Hall–Kier alpha value is -3.35. The quantitative estimate of drug-likeness (QED) is 0.303. The maximum absolute atomic E-state index is 14.2. The highest BCUT2D eigenvalue weighted by molar-refractivity contribution is 7.89. The minimum atomic E-state index is -3.92. The van der Waals surface area contributed by atoms with E-state index in [0.29, 0.717) is 23.1 Å². The number of carbonyl (C=O) groups excluding carboxylic acids is 2. The molecule has 0 saturated carbocycles. The maximum atomic E-state index is 14.2. The Balaban J connectivity index is 2.01. The third-order valence-electron chi connectivity index (χ3n) is 7.00. The molecule has 3 aromatic carbocycles. The van der Waals surface area contributed by atoms with Crippen molar-refractivity contribution in [3.63, 3.8) is 0 Å². The van der Waals surface area contributed by atoms with Gasteiger partial charge in [0.25, 0.3) is 0 Å². The lowest BCUT2D eigenvalue weighted by molar-refractivity contribution is -0.117. The van der Waals surface area contributed by atoms with E-state index in [-0.39, 0.29) is 35.3 Å². The number of aryl methyl sites for hydroxylation is 1. The molecule has 3 aromatic rings. The molecular formula is C32H35NO4S. The largest absolute Gasteiger partial charge is 0.300 e. The van der Waals surface area contributed by atoms with Crippen molar-refractivity contribution in [1.29, 1.82) is 0 Å². The van der Waals surface area contributed by atoms with E-state index in [9.17, 15) is 18.0 Å². The molecule has 0 fully saturated rings. The third kappa shape index (κ3) is 5.87. The van der Waals surface area contributed by atoms with Crippen molar-refractivity contribution in [3.05, 3.63) is 107 Å². The van der Waals surface area contributed by atoms with Gasteiger partial charge in [0.15, 0.2) is 5.78 Å². The van der Waals surface area contributed by atoms with Gasteiger partial charge in [-0.2, -0.15) is 4.31 Å². The molecule has 38 heavy (non-hydrogen) atoms. The second-order valence-corrected chi connectivity index (χ2v) is 12.4. The van der Waals surface area contributed by atoms with E-state index in [2.05, 4.69) is 13.8 Å². The van der Waals surface area contributed by atoms with Crippen molar-refractivity contribution in [2.75, 3.05) is 6.54 Å². The fourth-order valence-electron chi connectivity index (χ4n) is 5.30. The van der Waals surface area contributed by atoms with Gasteiger partial charge in [-0.15, -0.1) is 0 Å². The summed E-state index contributed by atoms with van der Waals surface area (Å²) in [4.78, 5) is 26.8. The van der Waals surface area contributed by atoms with Gasteiger partial charge in [-0.1, -0.05) is 92.2 Å². The molecule has 0 bridgehead atoms. The van der Waals surface area contributed by atoms with Gasteiger partial charge in [-0.05, 0) is 49.5 Å². The van der Waals surface area contributed by atoms with Crippen LogP contribution in [0, 0.1) is 18.8 Å². The Bertz CT molecular complexity index is 1430. The van der Waals surface area contributed by atoms with Crippen molar-refractivity contribution >= 4 is 27.2 Å². The number of rotatable bonds is 9. The SMILES string of the molecule is CC(=O)CC1CN(S(=O)(=O)c2ccc(C)cc2)C(CC(C)C)C(c2ccccc2)=C1C(=O)c1ccccc1. The molecule has 0 saturated heterocycles. The fraction of sp³-hybridized carbons (Fsp3) is 0.312. The molecule has 0 amide bonds. The lowest BCUT2D eigenvalue weighted by Gasteiger charge is -2.42. The summed E-state index contributed by atoms with van der Waals surface area (Å²) >= 11 is 0. The van der Waals surface area contributed by atoms with Crippen LogP contribution in [-0.4, -0.2) is 36.9 Å². The summed E-state index contributed by atoms with van der Waals surface area (Å²) in [5, 5.41) is 0. The van der Waals surface area contributed by atoms with Crippen LogP contribution in [0.4, 0.5) is 0 Å². The number of carbonyl (C=O) groups is 2.